The molecule has 4 aromatic rings. The molecule has 136 valence electrons. The first-order valence-corrected chi connectivity index (χ1v) is 8.93. The average molecular weight is 432 g/mol. The summed E-state index contributed by atoms with van der Waals surface area (Å²) in [5, 5.41) is 4.13. The molecule has 0 radical (unpaired) electrons. The van der Waals surface area contributed by atoms with Crippen molar-refractivity contribution in [2.75, 3.05) is 0 Å². The van der Waals surface area contributed by atoms with Crippen molar-refractivity contribution in [3.8, 4) is 22.4 Å². The van der Waals surface area contributed by atoms with Crippen molar-refractivity contribution in [2.24, 2.45) is 0 Å². The van der Waals surface area contributed by atoms with E-state index in [9.17, 15) is 13.2 Å². The Morgan fingerprint density at radius 3 is 2.22 bits per heavy atom. The zero-order valence-corrected chi connectivity index (χ0v) is 15.7. The molecule has 0 aliphatic carbocycles. The van der Waals surface area contributed by atoms with Crippen molar-refractivity contribution in [1.82, 2.24) is 14.6 Å². The number of hydrogen-bond acceptors (Lipinski definition) is 2. The smallest absolute Gasteiger partial charge is 0.228 e. The fraction of sp³-hybridized carbons (Fsp3) is 0.100. The Hall–Kier alpha value is -2.67. The summed E-state index contributed by atoms with van der Waals surface area (Å²) in [6, 6.07) is 17.2. The average Bonchev–Trinajstić information content (AvgIpc) is 2.97. The molecule has 7 heteroatoms. The lowest BCUT2D eigenvalue weighted by Crippen LogP contribution is -2.13. The quantitative estimate of drug-likeness (QED) is 0.380. The number of rotatable bonds is 2. The molecule has 27 heavy (non-hydrogen) atoms. The number of aromatic nitrogens is 3. The van der Waals surface area contributed by atoms with E-state index in [4.69, 9.17) is 0 Å². The van der Waals surface area contributed by atoms with Gasteiger partial charge in [-0.2, -0.15) is 18.3 Å². The minimum absolute atomic E-state index is 0.187. The third kappa shape index (κ3) is 3.23. The molecule has 2 aromatic carbocycles. The topological polar surface area (TPSA) is 30.2 Å². The van der Waals surface area contributed by atoms with E-state index in [2.05, 4.69) is 26.0 Å². The molecule has 0 atom stereocenters. The van der Waals surface area contributed by atoms with E-state index in [0.717, 1.165) is 20.6 Å². The van der Waals surface area contributed by atoms with E-state index in [0.29, 0.717) is 16.8 Å². The zero-order chi connectivity index (χ0) is 19.2. The first-order chi connectivity index (χ1) is 12.8. The van der Waals surface area contributed by atoms with Crippen LogP contribution in [0.25, 0.3) is 28.0 Å². The van der Waals surface area contributed by atoms with Crippen LogP contribution in [0.4, 0.5) is 13.2 Å². The van der Waals surface area contributed by atoms with Crippen LogP contribution < -0.4 is 0 Å². The monoisotopic (exact) mass is 431 g/mol. The van der Waals surface area contributed by atoms with Crippen LogP contribution >= 0.6 is 15.9 Å². The number of benzene rings is 2. The van der Waals surface area contributed by atoms with Crippen LogP contribution in [-0.2, 0) is 6.18 Å². The normalized spacial score (nSPS) is 11.9. The molecule has 4 rings (SSSR count). The van der Waals surface area contributed by atoms with E-state index >= 15 is 0 Å². The molecule has 2 aromatic heterocycles. The van der Waals surface area contributed by atoms with Gasteiger partial charge in [-0.15, -0.1) is 0 Å². The van der Waals surface area contributed by atoms with Crippen molar-refractivity contribution in [3.63, 3.8) is 0 Å². The second-order valence-electron chi connectivity index (χ2n) is 6.09. The van der Waals surface area contributed by atoms with Gasteiger partial charge in [0.25, 0.3) is 0 Å². The van der Waals surface area contributed by atoms with Crippen LogP contribution in [0.3, 0.4) is 0 Å². The van der Waals surface area contributed by atoms with Crippen molar-refractivity contribution >= 4 is 21.6 Å². The molecule has 0 unspecified atom stereocenters. The Labute approximate surface area is 161 Å². The summed E-state index contributed by atoms with van der Waals surface area (Å²) in [6.07, 6.45) is -4.56. The maximum absolute atomic E-state index is 13.7. The predicted octanol–water partition coefficient (Wildman–Crippen LogP) is 6.15. The van der Waals surface area contributed by atoms with Crippen LogP contribution in [-0.4, -0.2) is 14.6 Å². The van der Waals surface area contributed by atoms with Gasteiger partial charge in [0.05, 0.1) is 11.4 Å². The standard InChI is InChI=1S/C20H13BrF3N3/c1-12-18(14-5-3-2-4-6-14)19-25-16(13-7-9-15(21)10-8-13)11-17(20(22,23)24)27(19)26-12/h2-11H,1H3. The predicted molar refractivity (Wildman–Crippen MR) is 101 cm³/mol. The summed E-state index contributed by atoms with van der Waals surface area (Å²) in [6.45, 7) is 1.69. The molecular formula is C20H13BrF3N3. The minimum Gasteiger partial charge on any atom is -0.228 e. The Morgan fingerprint density at radius 1 is 0.926 bits per heavy atom. The number of nitrogens with zero attached hydrogens (tertiary/aromatic N) is 3. The third-order valence-electron chi connectivity index (χ3n) is 4.26. The van der Waals surface area contributed by atoms with Gasteiger partial charge in [-0.25, -0.2) is 9.50 Å². The van der Waals surface area contributed by atoms with Gasteiger partial charge in [0.15, 0.2) is 11.3 Å². The molecule has 0 bridgehead atoms. The molecule has 0 amide bonds. The minimum atomic E-state index is -4.56. The summed E-state index contributed by atoms with van der Waals surface area (Å²) in [4.78, 5) is 4.53. The molecule has 0 N–H and O–H groups in total. The summed E-state index contributed by atoms with van der Waals surface area (Å²) >= 11 is 3.34. The van der Waals surface area contributed by atoms with Gasteiger partial charge < -0.3 is 0 Å². The lowest BCUT2D eigenvalue weighted by molar-refractivity contribution is -0.142. The number of halogens is 4. The highest BCUT2D eigenvalue weighted by Crippen LogP contribution is 2.36. The summed E-state index contributed by atoms with van der Waals surface area (Å²) < 4.78 is 42.9. The number of fused-ring (bicyclic) bond motifs is 1. The zero-order valence-electron chi connectivity index (χ0n) is 14.1. The van der Waals surface area contributed by atoms with Crippen LogP contribution in [0, 0.1) is 6.92 Å². The first-order valence-electron chi connectivity index (χ1n) is 8.13. The molecule has 2 heterocycles. The van der Waals surface area contributed by atoms with Gasteiger partial charge in [0.1, 0.15) is 0 Å². The highest BCUT2D eigenvalue weighted by atomic mass is 79.9. The lowest BCUT2D eigenvalue weighted by Gasteiger charge is -2.12. The van der Waals surface area contributed by atoms with Gasteiger partial charge in [0.2, 0.25) is 0 Å². The fourth-order valence-corrected chi connectivity index (χ4v) is 3.30. The highest BCUT2D eigenvalue weighted by Gasteiger charge is 2.36. The number of aryl methyl sites for hydroxylation is 1. The third-order valence-corrected chi connectivity index (χ3v) is 4.79. The molecule has 0 aliphatic heterocycles. The Bertz CT molecular complexity index is 1120. The van der Waals surface area contributed by atoms with Crippen LogP contribution in [0.5, 0.6) is 0 Å². The van der Waals surface area contributed by atoms with Crippen molar-refractivity contribution in [2.45, 2.75) is 13.1 Å². The van der Waals surface area contributed by atoms with Crippen molar-refractivity contribution in [1.29, 1.82) is 0 Å². The highest BCUT2D eigenvalue weighted by molar-refractivity contribution is 9.10. The fourth-order valence-electron chi connectivity index (χ4n) is 3.04. The molecule has 3 nitrogen and oxygen atoms in total. The van der Waals surface area contributed by atoms with Gasteiger partial charge in [0, 0.05) is 15.6 Å². The second kappa shape index (κ2) is 6.49. The van der Waals surface area contributed by atoms with E-state index in [1.807, 2.05) is 30.3 Å². The lowest BCUT2D eigenvalue weighted by atomic mass is 10.1. The Morgan fingerprint density at radius 2 is 1.59 bits per heavy atom. The molecular weight excluding hydrogens is 419 g/mol. The molecule has 0 spiro atoms. The summed E-state index contributed by atoms with van der Waals surface area (Å²) in [5.41, 5.74) is 2.05. The van der Waals surface area contributed by atoms with Gasteiger partial charge in [-0.05, 0) is 30.7 Å². The van der Waals surface area contributed by atoms with Gasteiger partial charge in [-0.3, -0.25) is 0 Å². The molecule has 0 fully saturated rings. The van der Waals surface area contributed by atoms with E-state index < -0.39 is 11.9 Å². The second-order valence-corrected chi connectivity index (χ2v) is 7.01. The van der Waals surface area contributed by atoms with E-state index in [1.54, 1.807) is 31.2 Å². The molecule has 0 saturated carbocycles. The van der Waals surface area contributed by atoms with Gasteiger partial charge in [-0.1, -0.05) is 58.4 Å². The number of hydrogen-bond donors (Lipinski definition) is 0. The van der Waals surface area contributed by atoms with Crippen molar-refractivity contribution in [3.05, 3.63) is 76.5 Å². The van der Waals surface area contributed by atoms with Crippen LogP contribution in [0.15, 0.2) is 65.1 Å². The maximum Gasteiger partial charge on any atom is 0.433 e. The number of alkyl halides is 3. The first kappa shape index (κ1) is 17.7. The summed E-state index contributed by atoms with van der Waals surface area (Å²) in [7, 11) is 0. The SMILES string of the molecule is Cc1nn2c(C(F)(F)F)cc(-c3ccc(Br)cc3)nc2c1-c1ccccc1. The Kier molecular flexibility index (Phi) is 4.26. The summed E-state index contributed by atoms with van der Waals surface area (Å²) in [5.74, 6) is 0. The van der Waals surface area contributed by atoms with E-state index in [1.165, 1.54) is 0 Å². The van der Waals surface area contributed by atoms with Gasteiger partial charge >= 0.3 is 6.18 Å². The van der Waals surface area contributed by atoms with Crippen molar-refractivity contribution < 1.29 is 13.2 Å². The van der Waals surface area contributed by atoms with Crippen LogP contribution in [0.1, 0.15) is 11.4 Å². The molecule has 0 aliphatic rings. The molecule has 0 saturated heterocycles. The largest absolute Gasteiger partial charge is 0.433 e. The van der Waals surface area contributed by atoms with E-state index in [-0.39, 0.29) is 11.3 Å². The Balaban J connectivity index is 2.06. The maximum atomic E-state index is 13.7. The van der Waals surface area contributed by atoms with Crippen LogP contribution in [0.2, 0.25) is 0 Å².